The van der Waals surface area contributed by atoms with Gasteiger partial charge in [-0.05, 0) is 0 Å². The van der Waals surface area contributed by atoms with Crippen LogP contribution in [-0.4, -0.2) is 44.8 Å². The number of piperazine rings is 1. The highest BCUT2D eigenvalue weighted by atomic mass is 32.2. The van der Waals surface area contributed by atoms with Gasteiger partial charge in [-0.25, -0.2) is 9.52 Å². The summed E-state index contributed by atoms with van der Waals surface area (Å²) in [5, 5.41) is 2.77. The molecule has 0 atom stereocenters. The molecule has 0 amide bonds. The van der Waals surface area contributed by atoms with E-state index in [4.69, 9.17) is 0 Å². The molecule has 1 aliphatic heterocycles. The molecule has 7 heteroatoms. The number of hydrogen-bond donors (Lipinski definition) is 2. The SMILES string of the molecule is CCNS(=O)(=O)N1CCNC(=C=O)C1. The Morgan fingerprint density at radius 3 is 2.93 bits per heavy atom. The van der Waals surface area contributed by atoms with Gasteiger partial charge in [-0.2, -0.15) is 12.7 Å². The van der Waals surface area contributed by atoms with Crippen molar-refractivity contribution in [3.05, 3.63) is 5.70 Å². The van der Waals surface area contributed by atoms with E-state index >= 15 is 0 Å². The Bertz CT molecular complexity index is 345. The summed E-state index contributed by atoms with van der Waals surface area (Å²) in [7, 11) is -3.43. The van der Waals surface area contributed by atoms with Gasteiger partial charge in [0.1, 0.15) is 11.6 Å². The molecule has 80 valence electrons. The summed E-state index contributed by atoms with van der Waals surface area (Å²) in [4.78, 5) is 10.3. The zero-order valence-electron chi connectivity index (χ0n) is 7.91. The molecule has 2 N–H and O–H groups in total. The van der Waals surface area contributed by atoms with Crippen LogP contribution in [0.1, 0.15) is 6.92 Å². The molecule has 0 aromatic heterocycles. The van der Waals surface area contributed by atoms with Crippen LogP contribution in [0.15, 0.2) is 5.70 Å². The minimum atomic E-state index is -3.43. The van der Waals surface area contributed by atoms with Crippen molar-refractivity contribution in [3.8, 4) is 0 Å². The van der Waals surface area contributed by atoms with Gasteiger partial charge in [0, 0.05) is 19.6 Å². The van der Waals surface area contributed by atoms with E-state index in [2.05, 4.69) is 10.0 Å². The average Bonchev–Trinajstić information content (AvgIpc) is 2.18. The van der Waals surface area contributed by atoms with Crippen LogP contribution in [0.3, 0.4) is 0 Å². The maximum absolute atomic E-state index is 11.5. The standard InChI is InChI=1S/C7H13N3O3S/c1-2-9-14(12,13)10-4-3-8-7(5-10)6-11/h8-9H,2-5H2,1H3. The van der Waals surface area contributed by atoms with E-state index in [0.29, 0.717) is 19.6 Å². The Morgan fingerprint density at radius 2 is 2.36 bits per heavy atom. The van der Waals surface area contributed by atoms with Gasteiger partial charge >= 0.3 is 0 Å². The van der Waals surface area contributed by atoms with Crippen molar-refractivity contribution in [2.24, 2.45) is 0 Å². The van der Waals surface area contributed by atoms with E-state index in [1.54, 1.807) is 12.9 Å². The lowest BCUT2D eigenvalue weighted by molar-refractivity contribution is 0.388. The monoisotopic (exact) mass is 219 g/mol. The Hall–Kier alpha value is -0.880. The topological polar surface area (TPSA) is 78.5 Å². The van der Waals surface area contributed by atoms with Crippen LogP contribution in [-0.2, 0) is 15.0 Å². The highest BCUT2D eigenvalue weighted by Crippen LogP contribution is 2.04. The molecule has 0 bridgehead atoms. The fourth-order valence-corrected chi connectivity index (χ4v) is 2.37. The molecule has 0 aromatic rings. The number of nitrogens with one attached hydrogen (secondary N) is 2. The molecule has 1 heterocycles. The first-order valence-electron chi connectivity index (χ1n) is 4.32. The molecule has 0 saturated carbocycles. The Kier molecular flexibility index (Phi) is 3.65. The van der Waals surface area contributed by atoms with E-state index in [-0.39, 0.29) is 12.2 Å². The van der Waals surface area contributed by atoms with Crippen molar-refractivity contribution in [1.29, 1.82) is 0 Å². The van der Waals surface area contributed by atoms with E-state index in [0.717, 1.165) is 0 Å². The van der Waals surface area contributed by atoms with Gasteiger partial charge in [0.05, 0.1) is 6.54 Å². The molecule has 0 spiro atoms. The third-order valence-electron chi connectivity index (χ3n) is 1.82. The van der Waals surface area contributed by atoms with Crippen LogP contribution in [0.25, 0.3) is 0 Å². The molecule has 0 aromatic carbocycles. The minimum absolute atomic E-state index is 0.0683. The number of nitrogens with zero attached hydrogens (tertiary/aromatic N) is 1. The van der Waals surface area contributed by atoms with Crippen LogP contribution in [0.5, 0.6) is 0 Å². The second-order valence-corrected chi connectivity index (χ2v) is 4.60. The molecule has 14 heavy (non-hydrogen) atoms. The number of carbonyl (C=O) groups excluding carboxylic acids is 1. The van der Waals surface area contributed by atoms with Gasteiger partial charge in [0.25, 0.3) is 10.2 Å². The van der Waals surface area contributed by atoms with Crippen LogP contribution in [0.4, 0.5) is 0 Å². The molecule has 0 radical (unpaired) electrons. The molecule has 1 rings (SSSR count). The second kappa shape index (κ2) is 4.56. The molecular formula is C7H13N3O3S. The molecule has 0 aliphatic carbocycles. The van der Waals surface area contributed by atoms with E-state index < -0.39 is 10.2 Å². The fraction of sp³-hybridized carbons (Fsp3) is 0.714. The quantitative estimate of drug-likeness (QED) is 0.564. The van der Waals surface area contributed by atoms with Gasteiger partial charge < -0.3 is 5.32 Å². The van der Waals surface area contributed by atoms with Gasteiger partial charge in [0.2, 0.25) is 0 Å². The van der Waals surface area contributed by atoms with Crippen molar-refractivity contribution in [2.45, 2.75) is 6.92 Å². The van der Waals surface area contributed by atoms with Crippen molar-refractivity contribution >= 4 is 16.2 Å². The van der Waals surface area contributed by atoms with E-state index in [1.807, 2.05) is 0 Å². The molecular weight excluding hydrogens is 206 g/mol. The Balaban J connectivity index is 2.74. The maximum Gasteiger partial charge on any atom is 0.279 e. The zero-order valence-corrected chi connectivity index (χ0v) is 8.73. The summed E-state index contributed by atoms with van der Waals surface area (Å²) in [6.07, 6.45) is 0. The van der Waals surface area contributed by atoms with Crippen LogP contribution < -0.4 is 10.0 Å². The van der Waals surface area contributed by atoms with Gasteiger partial charge in [-0.1, -0.05) is 6.92 Å². The summed E-state index contributed by atoms with van der Waals surface area (Å²) >= 11 is 0. The van der Waals surface area contributed by atoms with Crippen molar-refractivity contribution in [2.75, 3.05) is 26.2 Å². The largest absolute Gasteiger partial charge is 0.377 e. The smallest absolute Gasteiger partial charge is 0.279 e. The zero-order chi connectivity index (χ0) is 10.6. The predicted molar refractivity (Wildman–Crippen MR) is 51.4 cm³/mol. The molecule has 1 aliphatic rings. The van der Waals surface area contributed by atoms with Crippen molar-refractivity contribution in [1.82, 2.24) is 14.3 Å². The third kappa shape index (κ3) is 2.55. The highest BCUT2D eigenvalue weighted by molar-refractivity contribution is 7.87. The lowest BCUT2D eigenvalue weighted by Crippen LogP contribution is -2.49. The van der Waals surface area contributed by atoms with Gasteiger partial charge in [-0.15, -0.1) is 0 Å². The van der Waals surface area contributed by atoms with Crippen molar-refractivity contribution < 1.29 is 13.2 Å². The maximum atomic E-state index is 11.5. The molecule has 1 fully saturated rings. The first kappa shape index (κ1) is 11.2. The van der Waals surface area contributed by atoms with E-state index in [1.165, 1.54) is 4.31 Å². The molecule has 1 saturated heterocycles. The fourth-order valence-electron chi connectivity index (χ4n) is 1.19. The molecule has 6 nitrogen and oxygen atoms in total. The lowest BCUT2D eigenvalue weighted by atomic mass is 10.4. The number of rotatable bonds is 3. The van der Waals surface area contributed by atoms with Gasteiger partial charge in [-0.3, -0.25) is 0 Å². The summed E-state index contributed by atoms with van der Waals surface area (Å²) in [5.41, 5.74) is 0.276. The highest BCUT2D eigenvalue weighted by Gasteiger charge is 2.25. The lowest BCUT2D eigenvalue weighted by Gasteiger charge is -2.27. The summed E-state index contributed by atoms with van der Waals surface area (Å²) in [5.74, 6) is 1.67. The summed E-state index contributed by atoms with van der Waals surface area (Å²) in [6.45, 7) is 2.91. The first-order valence-corrected chi connectivity index (χ1v) is 5.76. The minimum Gasteiger partial charge on any atom is -0.377 e. The Labute approximate surface area is 83.2 Å². The van der Waals surface area contributed by atoms with E-state index in [9.17, 15) is 13.2 Å². The molecule has 0 unspecified atom stereocenters. The van der Waals surface area contributed by atoms with Gasteiger partial charge in [0.15, 0.2) is 0 Å². The van der Waals surface area contributed by atoms with Crippen molar-refractivity contribution in [3.63, 3.8) is 0 Å². The van der Waals surface area contributed by atoms with Crippen LogP contribution >= 0.6 is 0 Å². The first-order chi connectivity index (χ1) is 6.60. The predicted octanol–water partition coefficient (Wildman–Crippen LogP) is -1.54. The number of hydrogen-bond acceptors (Lipinski definition) is 4. The summed E-state index contributed by atoms with van der Waals surface area (Å²) < 4.78 is 26.6. The Morgan fingerprint density at radius 1 is 1.64 bits per heavy atom. The summed E-state index contributed by atoms with van der Waals surface area (Å²) in [6, 6.07) is 0. The average molecular weight is 219 g/mol. The van der Waals surface area contributed by atoms with Crippen LogP contribution in [0, 0.1) is 0 Å². The van der Waals surface area contributed by atoms with Crippen LogP contribution in [0.2, 0.25) is 0 Å². The second-order valence-electron chi connectivity index (χ2n) is 2.84. The normalized spacial score (nSPS) is 18.8. The third-order valence-corrected chi connectivity index (χ3v) is 3.47.